The van der Waals surface area contributed by atoms with Crippen molar-refractivity contribution in [3.63, 3.8) is 0 Å². The van der Waals surface area contributed by atoms with Gasteiger partial charge in [0.15, 0.2) is 6.10 Å². The molecule has 3 aliphatic rings. The fourth-order valence-electron chi connectivity index (χ4n) is 4.75. The van der Waals surface area contributed by atoms with Crippen molar-refractivity contribution in [3.05, 3.63) is 108 Å². The first-order valence-corrected chi connectivity index (χ1v) is 12.5. The average Bonchev–Trinajstić information content (AvgIpc) is 2.86. The van der Waals surface area contributed by atoms with E-state index in [-0.39, 0.29) is 17.2 Å². The van der Waals surface area contributed by atoms with E-state index in [4.69, 9.17) is 4.18 Å². The fourth-order valence-corrected chi connectivity index (χ4v) is 5.84. The zero-order valence-electron chi connectivity index (χ0n) is 18.2. The van der Waals surface area contributed by atoms with E-state index >= 15 is 0 Å². The highest BCUT2D eigenvalue weighted by atomic mass is 32.2. The van der Waals surface area contributed by atoms with Gasteiger partial charge >= 0.3 is 0 Å². The lowest BCUT2D eigenvalue weighted by Gasteiger charge is -2.36. The Morgan fingerprint density at radius 2 is 1.50 bits per heavy atom. The van der Waals surface area contributed by atoms with Crippen LogP contribution in [0.2, 0.25) is 0 Å². The predicted octanol–water partition coefficient (Wildman–Crippen LogP) is 5.20. The summed E-state index contributed by atoms with van der Waals surface area (Å²) in [4.78, 5) is 15.3. The molecule has 7 rings (SSSR count). The molecule has 6 bridgehead atoms. The normalized spacial score (nSPS) is 18.1. The van der Waals surface area contributed by atoms with Crippen LogP contribution in [0.15, 0.2) is 102 Å². The summed E-state index contributed by atoms with van der Waals surface area (Å²) in [6.45, 7) is 0.317. The first-order valence-electron chi connectivity index (χ1n) is 11.1. The molecule has 3 aliphatic heterocycles. The van der Waals surface area contributed by atoms with Gasteiger partial charge in [-0.25, -0.2) is 0 Å². The number of amides is 1. The lowest BCUT2D eigenvalue weighted by molar-refractivity contribution is -0.125. The van der Waals surface area contributed by atoms with E-state index in [9.17, 15) is 13.2 Å². The summed E-state index contributed by atoms with van der Waals surface area (Å²) in [5, 5.41) is 0. The monoisotopic (exact) mass is 467 g/mol. The Hall–Kier alpha value is -3.74. The maximum absolute atomic E-state index is 13.6. The number of nitrogens with zero attached hydrogens (tertiary/aromatic N) is 1. The highest BCUT2D eigenvalue weighted by Gasteiger charge is 2.39. The van der Waals surface area contributed by atoms with Gasteiger partial charge in [0.05, 0.1) is 17.1 Å². The summed E-state index contributed by atoms with van der Waals surface area (Å²) >= 11 is 0. The summed E-state index contributed by atoms with van der Waals surface area (Å²) in [6.07, 6.45) is -0.882. The lowest BCUT2D eigenvalue weighted by Crippen LogP contribution is -2.46. The van der Waals surface area contributed by atoms with Crippen molar-refractivity contribution in [2.75, 3.05) is 4.90 Å². The van der Waals surface area contributed by atoms with Crippen LogP contribution in [-0.4, -0.2) is 20.4 Å². The number of anilines is 1. The second kappa shape index (κ2) is 7.94. The molecule has 1 unspecified atom stereocenters. The molecule has 3 heterocycles. The molecule has 5 nitrogen and oxygen atoms in total. The van der Waals surface area contributed by atoms with E-state index in [0.717, 1.165) is 39.1 Å². The number of carbonyl (C=O) groups is 1. The van der Waals surface area contributed by atoms with Crippen molar-refractivity contribution in [1.82, 2.24) is 0 Å². The number of para-hydroxylation sites is 1. The van der Waals surface area contributed by atoms with E-state index in [0.29, 0.717) is 6.54 Å². The molecule has 6 heteroatoms. The molecule has 0 saturated heterocycles. The molecular weight excluding hydrogens is 446 g/mol. The van der Waals surface area contributed by atoms with Gasteiger partial charge in [-0.15, -0.1) is 0 Å². The number of hydrogen-bond acceptors (Lipinski definition) is 4. The SMILES string of the molecule is O=C1C2Cc3cccc(c3N1Cc1ccc(-c3ccccc3)cc1)-c1cccc(c1)S(=O)(=O)O2. The minimum Gasteiger partial charge on any atom is -0.305 e. The average molecular weight is 468 g/mol. The molecule has 4 aromatic rings. The lowest BCUT2D eigenvalue weighted by atomic mass is 9.92. The number of hydrogen-bond donors (Lipinski definition) is 0. The second-order valence-corrected chi connectivity index (χ2v) is 10.1. The van der Waals surface area contributed by atoms with Gasteiger partial charge < -0.3 is 4.90 Å². The van der Waals surface area contributed by atoms with Crippen molar-refractivity contribution in [2.45, 2.75) is 24.0 Å². The molecule has 0 N–H and O–H groups in total. The summed E-state index contributed by atoms with van der Waals surface area (Å²) in [6, 6.07) is 30.7. The number of benzene rings is 4. The standard InChI is InChI=1S/C28H21NO4S/c30-28-26-17-23-9-5-11-25(22-8-4-10-24(16-22)34(31,32)33-26)27(23)29(28)18-19-12-14-21(15-13-19)20-6-2-1-3-7-20/h1-16,26H,17-18H2. The predicted molar refractivity (Wildman–Crippen MR) is 131 cm³/mol. The molecule has 0 spiro atoms. The molecule has 4 aromatic carbocycles. The van der Waals surface area contributed by atoms with Gasteiger partial charge in [0, 0.05) is 12.0 Å². The summed E-state index contributed by atoms with van der Waals surface area (Å²) in [5.41, 5.74) is 6.44. The van der Waals surface area contributed by atoms with Gasteiger partial charge in [-0.05, 0) is 39.9 Å². The van der Waals surface area contributed by atoms with E-state index < -0.39 is 16.2 Å². The quantitative estimate of drug-likeness (QED) is 0.389. The largest absolute Gasteiger partial charge is 0.305 e. The van der Waals surface area contributed by atoms with Gasteiger partial charge in [0.1, 0.15) is 0 Å². The van der Waals surface area contributed by atoms with Crippen LogP contribution in [0.3, 0.4) is 0 Å². The molecule has 34 heavy (non-hydrogen) atoms. The highest BCUT2D eigenvalue weighted by Crippen LogP contribution is 2.41. The van der Waals surface area contributed by atoms with Gasteiger partial charge in [-0.3, -0.25) is 8.98 Å². The molecule has 0 aliphatic carbocycles. The zero-order valence-corrected chi connectivity index (χ0v) is 19.0. The molecule has 0 saturated carbocycles. The van der Waals surface area contributed by atoms with E-state index in [2.05, 4.69) is 12.1 Å². The van der Waals surface area contributed by atoms with Crippen molar-refractivity contribution >= 4 is 21.7 Å². The maximum atomic E-state index is 13.6. The molecule has 0 radical (unpaired) electrons. The highest BCUT2D eigenvalue weighted by molar-refractivity contribution is 7.86. The second-order valence-electron chi connectivity index (χ2n) is 8.57. The Balaban J connectivity index is 1.45. The Morgan fingerprint density at radius 1 is 0.794 bits per heavy atom. The molecule has 1 amide bonds. The number of carbonyl (C=O) groups excluding carboxylic acids is 1. The third-order valence-corrected chi connectivity index (χ3v) is 7.73. The topological polar surface area (TPSA) is 63.7 Å². The Morgan fingerprint density at radius 3 is 2.29 bits per heavy atom. The van der Waals surface area contributed by atoms with Gasteiger partial charge in [0.25, 0.3) is 16.0 Å². The smallest absolute Gasteiger partial charge is 0.297 e. The molecule has 0 aromatic heterocycles. The van der Waals surface area contributed by atoms with Crippen LogP contribution >= 0.6 is 0 Å². The molecule has 1 atom stereocenters. The third-order valence-electron chi connectivity index (χ3n) is 6.41. The number of fused-ring (bicyclic) bond motifs is 2. The van der Waals surface area contributed by atoms with Crippen molar-refractivity contribution in [3.8, 4) is 22.3 Å². The zero-order chi connectivity index (χ0) is 23.3. The Labute approximate surface area is 198 Å². The minimum atomic E-state index is -4.08. The summed E-state index contributed by atoms with van der Waals surface area (Å²) in [5.74, 6) is -0.346. The van der Waals surface area contributed by atoms with Crippen LogP contribution in [0.5, 0.6) is 0 Å². The summed E-state index contributed by atoms with van der Waals surface area (Å²) in [7, 11) is -4.08. The Kier molecular flexibility index (Phi) is 4.86. The van der Waals surface area contributed by atoms with Crippen LogP contribution < -0.4 is 4.90 Å². The third kappa shape index (κ3) is 3.52. The molecule has 168 valence electrons. The van der Waals surface area contributed by atoms with Crippen LogP contribution in [0.4, 0.5) is 5.69 Å². The van der Waals surface area contributed by atoms with E-state index in [1.807, 2.05) is 66.7 Å². The van der Waals surface area contributed by atoms with Crippen molar-refractivity contribution < 1.29 is 17.4 Å². The first-order chi connectivity index (χ1) is 16.5. The summed E-state index contributed by atoms with van der Waals surface area (Å²) < 4.78 is 31.3. The van der Waals surface area contributed by atoms with Crippen LogP contribution in [-0.2, 0) is 32.1 Å². The Bertz CT molecular complexity index is 1510. The maximum Gasteiger partial charge on any atom is 0.297 e. The van der Waals surface area contributed by atoms with E-state index in [1.165, 1.54) is 6.07 Å². The van der Waals surface area contributed by atoms with Crippen LogP contribution in [0.25, 0.3) is 22.3 Å². The van der Waals surface area contributed by atoms with Crippen molar-refractivity contribution in [1.29, 1.82) is 0 Å². The fraction of sp³-hybridized carbons (Fsp3) is 0.107. The van der Waals surface area contributed by atoms with Gasteiger partial charge in [-0.1, -0.05) is 84.9 Å². The molecule has 0 fully saturated rings. The minimum absolute atomic E-state index is 0.0611. The van der Waals surface area contributed by atoms with Gasteiger partial charge in [-0.2, -0.15) is 8.42 Å². The first kappa shape index (κ1) is 20.8. The van der Waals surface area contributed by atoms with E-state index in [1.54, 1.807) is 17.0 Å². The number of rotatable bonds is 3. The van der Waals surface area contributed by atoms with Gasteiger partial charge in [0.2, 0.25) is 0 Å². The van der Waals surface area contributed by atoms with Crippen molar-refractivity contribution in [2.24, 2.45) is 0 Å². The van der Waals surface area contributed by atoms with Crippen LogP contribution in [0.1, 0.15) is 11.1 Å². The van der Waals surface area contributed by atoms with Crippen LogP contribution in [0, 0.1) is 0 Å². The molecular formula is C28H21NO4S.